The van der Waals surface area contributed by atoms with Gasteiger partial charge in [0.2, 0.25) is 0 Å². The van der Waals surface area contributed by atoms with E-state index in [2.05, 4.69) is 121 Å². The van der Waals surface area contributed by atoms with Gasteiger partial charge in [0, 0.05) is 27.5 Å². The molecule has 49 heavy (non-hydrogen) atoms. The van der Waals surface area contributed by atoms with Gasteiger partial charge in [-0.1, -0.05) is 133 Å². The summed E-state index contributed by atoms with van der Waals surface area (Å²) < 4.78 is 6.58. The Morgan fingerprint density at radius 1 is 0.327 bits per heavy atom. The molecule has 0 saturated heterocycles. The Bertz CT molecular complexity index is 2890. The predicted octanol–water partition coefficient (Wildman–Crippen LogP) is 11.9. The summed E-state index contributed by atoms with van der Waals surface area (Å²) in [5.74, 6) is 1.86. The van der Waals surface area contributed by atoms with Crippen molar-refractivity contribution < 1.29 is 4.42 Å². The summed E-state index contributed by atoms with van der Waals surface area (Å²) in [4.78, 5) is 15.2. The second-order valence-corrected chi connectivity index (χ2v) is 12.4. The van der Waals surface area contributed by atoms with Crippen LogP contribution in [0, 0.1) is 0 Å². The molecule has 2 heterocycles. The molecule has 0 amide bonds. The number of aromatic nitrogens is 3. The van der Waals surface area contributed by atoms with Gasteiger partial charge in [-0.2, -0.15) is 0 Å². The first-order valence-corrected chi connectivity index (χ1v) is 16.4. The zero-order valence-corrected chi connectivity index (χ0v) is 26.3. The Kier molecular flexibility index (Phi) is 6.15. The average molecular weight is 626 g/mol. The van der Waals surface area contributed by atoms with Gasteiger partial charge in [-0.3, -0.25) is 0 Å². The SMILES string of the molecule is c1ccc(-c2nc(-c3ccc4ccccc4c3)nc(-c3cccc4oc5cc(-c6cc7ccccc7c7ccccc67)ccc5c34)n2)cc1. The number of benzene rings is 8. The van der Waals surface area contributed by atoms with Crippen molar-refractivity contribution >= 4 is 54.3 Å². The van der Waals surface area contributed by atoms with Crippen LogP contribution < -0.4 is 0 Å². The Morgan fingerprint density at radius 2 is 1.00 bits per heavy atom. The minimum absolute atomic E-state index is 0.606. The van der Waals surface area contributed by atoms with Gasteiger partial charge in [0.05, 0.1) is 0 Å². The molecule has 0 N–H and O–H groups in total. The molecule has 0 radical (unpaired) electrons. The highest BCUT2D eigenvalue weighted by Gasteiger charge is 2.19. The van der Waals surface area contributed by atoms with Gasteiger partial charge < -0.3 is 4.42 Å². The molecule has 4 heteroatoms. The van der Waals surface area contributed by atoms with E-state index in [0.29, 0.717) is 17.5 Å². The third-order valence-electron chi connectivity index (χ3n) is 9.49. The van der Waals surface area contributed by atoms with Gasteiger partial charge >= 0.3 is 0 Å². The van der Waals surface area contributed by atoms with Crippen LogP contribution in [0.3, 0.4) is 0 Å². The van der Waals surface area contributed by atoms with Gasteiger partial charge in [0.1, 0.15) is 11.2 Å². The molecule has 0 saturated carbocycles. The van der Waals surface area contributed by atoms with Crippen molar-refractivity contribution in [2.24, 2.45) is 0 Å². The molecule has 8 aromatic carbocycles. The summed E-state index contributed by atoms with van der Waals surface area (Å²) in [7, 11) is 0. The maximum atomic E-state index is 6.58. The normalized spacial score (nSPS) is 11.7. The molecule has 0 unspecified atom stereocenters. The van der Waals surface area contributed by atoms with Gasteiger partial charge in [0.15, 0.2) is 17.5 Å². The molecule has 0 aliphatic rings. The fraction of sp³-hybridized carbons (Fsp3) is 0. The van der Waals surface area contributed by atoms with Crippen LogP contribution >= 0.6 is 0 Å². The first kappa shape index (κ1) is 27.5. The summed E-state index contributed by atoms with van der Waals surface area (Å²) in [5.41, 5.74) is 6.69. The molecule has 0 bridgehead atoms. The van der Waals surface area contributed by atoms with E-state index in [1.54, 1.807) is 0 Å². The summed E-state index contributed by atoms with van der Waals surface area (Å²) >= 11 is 0. The zero-order chi connectivity index (χ0) is 32.3. The molecule has 2 aromatic heterocycles. The second-order valence-electron chi connectivity index (χ2n) is 12.4. The van der Waals surface area contributed by atoms with Gasteiger partial charge in [0.25, 0.3) is 0 Å². The fourth-order valence-corrected chi connectivity index (χ4v) is 7.14. The van der Waals surface area contributed by atoms with Crippen LogP contribution in [-0.4, -0.2) is 15.0 Å². The van der Waals surface area contributed by atoms with Crippen molar-refractivity contribution in [1.29, 1.82) is 0 Å². The molecule has 228 valence electrons. The van der Waals surface area contributed by atoms with Crippen molar-refractivity contribution in [1.82, 2.24) is 15.0 Å². The third kappa shape index (κ3) is 4.57. The molecule has 0 atom stereocenters. The lowest BCUT2D eigenvalue weighted by molar-refractivity contribution is 0.669. The van der Waals surface area contributed by atoms with Gasteiger partial charge in [-0.15, -0.1) is 0 Å². The highest BCUT2D eigenvalue weighted by molar-refractivity contribution is 6.16. The van der Waals surface area contributed by atoms with E-state index >= 15 is 0 Å². The topological polar surface area (TPSA) is 51.8 Å². The quantitative estimate of drug-likeness (QED) is 0.183. The average Bonchev–Trinajstić information content (AvgIpc) is 3.56. The van der Waals surface area contributed by atoms with Crippen LogP contribution in [0.4, 0.5) is 0 Å². The van der Waals surface area contributed by atoms with E-state index in [-0.39, 0.29) is 0 Å². The highest BCUT2D eigenvalue weighted by Crippen LogP contribution is 2.40. The lowest BCUT2D eigenvalue weighted by atomic mass is 9.93. The zero-order valence-electron chi connectivity index (χ0n) is 26.3. The summed E-state index contributed by atoms with van der Waals surface area (Å²) in [6, 6.07) is 56.9. The molecule has 0 aliphatic carbocycles. The monoisotopic (exact) mass is 625 g/mol. The van der Waals surface area contributed by atoms with E-state index < -0.39 is 0 Å². The molecule has 0 aliphatic heterocycles. The second kappa shape index (κ2) is 11.0. The minimum atomic E-state index is 0.606. The Hall–Kier alpha value is -6.65. The van der Waals surface area contributed by atoms with Crippen molar-refractivity contribution in [3.05, 3.63) is 164 Å². The fourth-order valence-electron chi connectivity index (χ4n) is 7.14. The predicted molar refractivity (Wildman–Crippen MR) is 201 cm³/mol. The highest BCUT2D eigenvalue weighted by atomic mass is 16.3. The van der Waals surface area contributed by atoms with E-state index in [1.807, 2.05) is 42.5 Å². The van der Waals surface area contributed by atoms with Crippen molar-refractivity contribution in [3.8, 4) is 45.3 Å². The first-order valence-electron chi connectivity index (χ1n) is 16.4. The largest absolute Gasteiger partial charge is 0.456 e. The molecular formula is C45H27N3O. The van der Waals surface area contributed by atoms with E-state index in [0.717, 1.165) is 49.6 Å². The van der Waals surface area contributed by atoms with Crippen LogP contribution in [-0.2, 0) is 0 Å². The first-order chi connectivity index (χ1) is 24.3. The molecule has 0 fully saturated rings. The molecule has 0 spiro atoms. The van der Waals surface area contributed by atoms with Gasteiger partial charge in [-0.05, 0) is 73.8 Å². The molecular weight excluding hydrogens is 599 g/mol. The number of hydrogen-bond acceptors (Lipinski definition) is 4. The summed E-state index contributed by atoms with van der Waals surface area (Å²) in [6.07, 6.45) is 0. The smallest absolute Gasteiger partial charge is 0.164 e. The van der Waals surface area contributed by atoms with Crippen molar-refractivity contribution in [2.75, 3.05) is 0 Å². The summed E-state index contributed by atoms with van der Waals surface area (Å²) in [5, 5.41) is 9.26. The van der Waals surface area contributed by atoms with Crippen molar-refractivity contribution in [3.63, 3.8) is 0 Å². The van der Waals surface area contributed by atoms with E-state index in [1.165, 1.54) is 32.5 Å². The molecule has 4 nitrogen and oxygen atoms in total. The van der Waals surface area contributed by atoms with Crippen LogP contribution in [0.1, 0.15) is 0 Å². The van der Waals surface area contributed by atoms with Crippen LogP contribution in [0.2, 0.25) is 0 Å². The van der Waals surface area contributed by atoms with Crippen LogP contribution in [0.5, 0.6) is 0 Å². The van der Waals surface area contributed by atoms with Crippen LogP contribution in [0.25, 0.3) is 99.5 Å². The number of furan rings is 1. The number of rotatable bonds is 4. The number of fused-ring (bicyclic) bond motifs is 7. The molecule has 10 aromatic rings. The van der Waals surface area contributed by atoms with E-state index in [4.69, 9.17) is 19.4 Å². The Labute approximate surface area is 282 Å². The number of nitrogens with zero attached hydrogens (tertiary/aromatic N) is 3. The number of hydrogen-bond donors (Lipinski definition) is 0. The Morgan fingerprint density at radius 3 is 1.86 bits per heavy atom. The van der Waals surface area contributed by atoms with Gasteiger partial charge in [-0.25, -0.2) is 15.0 Å². The maximum absolute atomic E-state index is 6.58. The Balaban J connectivity index is 1.17. The summed E-state index contributed by atoms with van der Waals surface area (Å²) in [6.45, 7) is 0. The third-order valence-corrected chi connectivity index (χ3v) is 9.49. The van der Waals surface area contributed by atoms with E-state index in [9.17, 15) is 0 Å². The molecule has 10 rings (SSSR count). The maximum Gasteiger partial charge on any atom is 0.164 e. The minimum Gasteiger partial charge on any atom is -0.456 e. The van der Waals surface area contributed by atoms with Crippen LogP contribution in [0.15, 0.2) is 168 Å². The lowest BCUT2D eigenvalue weighted by Crippen LogP contribution is -2.00. The lowest BCUT2D eigenvalue weighted by Gasteiger charge is -2.11. The van der Waals surface area contributed by atoms with Crippen molar-refractivity contribution in [2.45, 2.75) is 0 Å². The standard InChI is InChI=1S/C45H27N3O/c1-2-12-29(13-3-1)43-46-44(33-22-21-28-11-4-5-14-30(28)25-33)48-45(47-43)38-19-10-20-40-42(38)37-24-23-32(27-41(37)49-40)39-26-31-15-6-7-16-34(31)35-17-8-9-18-36(35)39/h1-27H.